The molecule has 1 unspecified atom stereocenters. The van der Waals surface area contributed by atoms with Crippen LogP contribution in [0.15, 0.2) is 30.5 Å². The van der Waals surface area contributed by atoms with Crippen molar-refractivity contribution in [3.8, 4) is 11.3 Å². The van der Waals surface area contributed by atoms with Gasteiger partial charge in [-0.25, -0.2) is 9.78 Å². The number of hydrogen-bond donors (Lipinski definition) is 1. The fourth-order valence-electron chi connectivity index (χ4n) is 3.57. The van der Waals surface area contributed by atoms with Crippen LogP contribution in [0.25, 0.3) is 11.3 Å². The maximum atomic E-state index is 12.0. The summed E-state index contributed by atoms with van der Waals surface area (Å²) in [5, 5.41) is 0. The van der Waals surface area contributed by atoms with Gasteiger partial charge < -0.3 is 10.6 Å². The number of rotatable bonds is 1. The smallest absolute Gasteiger partial charge is 0.320 e. The average Bonchev–Trinajstić information content (AvgIpc) is 2.54. The Morgan fingerprint density at radius 1 is 1.35 bits per heavy atom. The second kappa shape index (κ2) is 5.22. The third-order valence-electron chi connectivity index (χ3n) is 4.61. The van der Waals surface area contributed by atoms with Gasteiger partial charge in [-0.15, -0.1) is 0 Å². The summed E-state index contributed by atoms with van der Waals surface area (Å²) in [7, 11) is 0. The highest BCUT2D eigenvalue weighted by molar-refractivity contribution is 5.95. The Hall–Kier alpha value is -2.63. The van der Waals surface area contributed by atoms with Gasteiger partial charge in [-0.1, -0.05) is 0 Å². The summed E-state index contributed by atoms with van der Waals surface area (Å²) < 4.78 is 0. The first-order chi connectivity index (χ1) is 11.1. The van der Waals surface area contributed by atoms with Crippen LogP contribution in [-0.4, -0.2) is 35.1 Å². The molecule has 2 N–H and O–H groups in total. The van der Waals surface area contributed by atoms with Gasteiger partial charge in [0.2, 0.25) is 0 Å². The number of aromatic nitrogens is 2. The Morgan fingerprint density at radius 2 is 2.22 bits per heavy atom. The third-order valence-corrected chi connectivity index (χ3v) is 4.61. The van der Waals surface area contributed by atoms with Crippen molar-refractivity contribution in [2.45, 2.75) is 25.8 Å². The van der Waals surface area contributed by atoms with Crippen molar-refractivity contribution in [2.24, 2.45) is 5.73 Å². The normalized spacial score (nSPS) is 19.4. The summed E-state index contributed by atoms with van der Waals surface area (Å²) in [6.07, 6.45) is 3.81. The molecular weight excluding hydrogens is 290 g/mol. The van der Waals surface area contributed by atoms with Crippen molar-refractivity contribution in [2.75, 3.05) is 22.9 Å². The van der Waals surface area contributed by atoms with E-state index in [1.807, 2.05) is 31.2 Å². The molecule has 6 nitrogen and oxygen atoms in total. The summed E-state index contributed by atoms with van der Waals surface area (Å²) in [4.78, 5) is 25.0. The molecule has 4 heterocycles. The highest BCUT2D eigenvalue weighted by Gasteiger charge is 2.37. The van der Waals surface area contributed by atoms with Gasteiger partial charge in [-0.2, -0.15) is 0 Å². The zero-order valence-corrected chi connectivity index (χ0v) is 13.1. The van der Waals surface area contributed by atoms with Crippen LogP contribution in [0.2, 0.25) is 0 Å². The van der Waals surface area contributed by atoms with Crippen LogP contribution in [0, 0.1) is 6.92 Å². The molecule has 2 bridgehead atoms. The van der Waals surface area contributed by atoms with Crippen molar-refractivity contribution in [1.82, 2.24) is 9.97 Å². The summed E-state index contributed by atoms with van der Waals surface area (Å²) in [5.74, 6) is 0.681. The second-order valence-electron chi connectivity index (χ2n) is 6.18. The molecule has 6 heteroatoms. The van der Waals surface area contributed by atoms with Crippen LogP contribution in [0.1, 0.15) is 18.5 Å². The van der Waals surface area contributed by atoms with E-state index in [0.717, 1.165) is 48.6 Å². The first kappa shape index (κ1) is 14.0. The van der Waals surface area contributed by atoms with Crippen molar-refractivity contribution >= 4 is 17.5 Å². The summed E-state index contributed by atoms with van der Waals surface area (Å²) in [5.41, 5.74) is 9.41. The first-order valence-electron chi connectivity index (χ1n) is 7.91. The van der Waals surface area contributed by atoms with Crippen molar-refractivity contribution in [3.05, 3.63) is 36.2 Å². The van der Waals surface area contributed by atoms with E-state index >= 15 is 0 Å². The number of primary amides is 1. The van der Waals surface area contributed by atoms with Crippen LogP contribution in [-0.2, 0) is 0 Å². The molecule has 1 fully saturated rings. The van der Waals surface area contributed by atoms with Gasteiger partial charge >= 0.3 is 6.03 Å². The SMILES string of the molecule is Cc1cc(-c2ccc3c(n2)N(C(N)=O)C2CCCN3C2)ccn1. The van der Waals surface area contributed by atoms with Gasteiger partial charge in [0.1, 0.15) is 0 Å². The molecule has 23 heavy (non-hydrogen) atoms. The van der Waals surface area contributed by atoms with Crippen LogP contribution in [0.4, 0.5) is 16.3 Å². The Kier molecular flexibility index (Phi) is 3.18. The van der Waals surface area contributed by atoms with Gasteiger partial charge in [0.25, 0.3) is 0 Å². The topological polar surface area (TPSA) is 75.4 Å². The number of nitrogens with zero attached hydrogens (tertiary/aromatic N) is 4. The molecule has 0 radical (unpaired) electrons. The second-order valence-corrected chi connectivity index (χ2v) is 6.18. The molecule has 2 aromatic heterocycles. The number of fused-ring (bicyclic) bond motifs is 4. The maximum absolute atomic E-state index is 12.0. The molecule has 0 aliphatic carbocycles. The molecule has 118 valence electrons. The van der Waals surface area contributed by atoms with E-state index in [2.05, 4.69) is 9.88 Å². The minimum Gasteiger partial charge on any atom is -0.366 e. The zero-order chi connectivity index (χ0) is 16.0. The number of hydrogen-bond acceptors (Lipinski definition) is 4. The van der Waals surface area contributed by atoms with Crippen LogP contribution in [0.5, 0.6) is 0 Å². The quantitative estimate of drug-likeness (QED) is 0.877. The van der Waals surface area contributed by atoms with Crippen LogP contribution >= 0.6 is 0 Å². The molecule has 2 amide bonds. The predicted molar refractivity (Wildman–Crippen MR) is 89.5 cm³/mol. The fraction of sp³-hybridized carbons (Fsp3) is 0.353. The lowest BCUT2D eigenvalue weighted by Crippen LogP contribution is -2.56. The van der Waals surface area contributed by atoms with Crippen molar-refractivity contribution in [3.63, 3.8) is 0 Å². The van der Waals surface area contributed by atoms with Gasteiger partial charge in [-0.3, -0.25) is 9.88 Å². The lowest BCUT2D eigenvalue weighted by atomic mass is 9.99. The van der Waals surface area contributed by atoms with Crippen LogP contribution < -0.4 is 15.5 Å². The number of amides is 2. The number of piperidine rings is 1. The number of nitrogens with two attached hydrogens (primary N) is 1. The van der Waals surface area contributed by atoms with Gasteiger partial charge in [0.05, 0.1) is 17.4 Å². The monoisotopic (exact) mass is 309 g/mol. The van der Waals surface area contributed by atoms with E-state index in [1.165, 1.54) is 0 Å². The molecule has 2 aliphatic rings. The highest BCUT2D eigenvalue weighted by Crippen LogP contribution is 2.39. The molecular formula is C17H19N5O. The van der Waals surface area contributed by atoms with E-state index in [-0.39, 0.29) is 6.04 Å². The molecule has 0 spiro atoms. The lowest BCUT2D eigenvalue weighted by Gasteiger charge is -2.45. The lowest BCUT2D eigenvalue weighted by molar-refractivity contribution is 0.249. The van der Waals surface area contributed by atoms with Crippen molar-refractivity contribution in [1.29, 1.82) is 0 Å². The fourth-order valence-corrected chi connectivity index (χ4v) is 3.57. The number of aryl methyl sites for hydroxylation is 1. The molecule has 0 aromatic carbocycles. The number of carbonyl (C=O) groups excluding carboxylic acids is 1. The molecule has 2 aromatic rings. The molecule has 1 saturated heterocycles. The molecule has 1 atom stereocenters. The van der Waals surface area contributed by atoms with Crippen molar-refractivity contribution < 1.29 is 4.79 Å². The Labute approximate surface area is 134 Å². The van der Waals surface area contributed by atoms with E-state index < -0.39 is 6.03 Å². The zero-order valence-electron chi connectivity index (χ0n) is 13.1. The molecule has 4 rings (SSSR count). The van der Waals surface area contributed by atoms with E-state index in [0.29, 0.717) is 5.82 Å². The number of pyridine rings is 2. The van der Waals surface area contributed by atoms with Crippen LogP contribution in [0.3, 0.4) is 0 Å². The summed E-state index contributed by atoms with van der Waals surface area (Å²) in [6.45, 7) is 3.80. The predicted octanol–water partition coefficient (Wildman–Crippen LogP) is 2.32. The minimum absolute atomic E-state index is 0.121. The first-order valence-corrected chi connectivity index (χ1v) is 7.91. The largest absolute Gasteiger partial charge is 0.366 e. The van der Waals surface area contributed by atoms with Gasteiger partial charge in [0, 0.05) is 30.5 Å². The summed E-state index contributed by atoms with van der Waals surface area (Å²) in [6, 6.07) is 7.67. The maximum Gasteiger partial charge on any atom is 0.320 e. The number of carbonyl (C=O) groups is 1. The van der Waals surface area contributed by atoms with Gasteiger partial charge in [0.15, 0.2) is 5.82 Å². The third kappa shape index (κ3) is 2.30. The van der Waals surface area contributed by atoms with E-state index in [9.17, 15) is 4.79 Å². The highest BCUT2D eigenvalue weighted by atomic mass is 16.2. The minimum atomic E-state index is -0.423. The Bertz CT molecular complexity index is 775. The van der Waals surface area contributed by atoms with E-state index in [4.69, 9.17) is 10.7 Å². The van der Waals surface area contributed by atoms with E-state index in [1.54, 1.807) is 11.1 Å². The Morgan fingerprint density at radius 3 is 3.00 bits per heavy atom. The Balaban J connectivity index is 1.84. The standard InChI is InChI=1S/C17H19N5O/c1-11-9-12(6-7-19-11)14-4-5-15-16(20-14)22(17(18)23)13-3-2-8-21(15)10-13/h4-7,9,13H,2-3,8,10H2,1H3,(H2,18,23). The van der Waals surface area contributed by atoms with Gasteiger partial charge in [-0.05, 0) is 44.0 Å². The number of anilines is 2. The number of urea groups is 1. The average molecular weight is 309 g/mol. The summed E-state index contributed by atoms with van der Waals surface area (Å²) >= 11 is 0. The molecule has 0 saturated carbocycles. The molecule has 2 aliphatic heterocycles.